The Labute approximate surface area is 362 Å². The van der Waals surface area contributed by atoms with Crippen molar-refractivity contribution in [3.05, 3.63) is 242 Å². The SMILES string of the molecule is C(#C[Si](c1ccccc1)(c1ccccc1)c1ccccc1)c1c2cc3ccoc3cc2c(C#C[Si](c2ccccc2)(c2ccccc2)c2ccccc2)c2cc3occc3cc12. The second kappa shape index (κ2) is 15.6. The molecule has 0 atom stereocenters. The van der Waals surface area contributed by atoms with E-state index in [9.17, 15) is 0 Å². The van der Waals surface area contributed by atoms with Crippen LogP contribution < -0.4 is 31.1 Å². The van der Waals surface area contributed by atoms with Crippen LogP contribution in [-0.2, 0) is 0 Å². The van der Waals surface area contributed by atoms with Crippen molar-refractivity contribution in [3.8, 4) is 22.9 Å². The van der Waals surface area contributed by atoms with Crippen molar-refractivity contribution in [2.75, 3.05) is 0 Å². The average molecular weight is 823 g/mol. The molecule has 0 saturated carbocycles. The van der Waals surface area contributed by atoms with Gasteiger partial charge in [-0.3, -0.25) is 0 Å². The van der Waals surface area contributed by atoms with E-state index in [2.05, 4.69) is 229 Å². The van der Waals surface area contributed by atoms with Gasteiger partial charge in [-0.2, -0.15) is 0 Å². The van der Waals surface area contributed by atoms with Crippen LogP contribution in [0.5, 0.6) is 0 Å². The first kappa shape index (κ1) is 37.2. The minimum atomic E-state index is -2.96. The van der Waals surface area contributed by atoms with Crippen molar-refractivity contribution in [2.45, 2.75) is 0 Å². The van der Waals surface area contributed by atoms with Crippen molar-refractivity contribution < 1.29 is 8.83 Å². The molecular weight excluding hydrogens is 785 g/mol. The zero-order valence-corrected chi connectivity index (χ0v) is 35.8. The standard InChI is InChI=1S/C58H38O2Si2/c1-7-19-45(20-8-1)61(46-21-9-2-10-22-46,47-23-11-3-12-24-47)37-33-51-53-39-43-31-35-59-57(43)41-55(53)52(56-42-58-44(32-36-60-58)40-54(51)56)34-38-62(48-25-13-4-14-26-48,49-27-15-5-16-28-49)50-29-17-6-18-30-50/h1-32,35-36,39-42H. The predicted molar refractivity (Wildman–Crippen MR) is 263 cm³/mol. The Bertz CT molecular complexity index is 2990. The van der Waals surface area contributed by atoms with Crippen LogP contribution in [-0.4, -0.2) is 16.1 Å². The Balaban J connectivity index is 1.27. The van der Waals surface area contributed by atoms with Crippen molar-refractivity contribution in [2.24, 2.45) is 0 Å². The van der Waals surface area contributed by atoms with E-state index in [4.69, 9.17) is 8.83 Å². The highest BCUT2D eigenvalue weighted by atomic mass is 28.3. The molecule has 0 saturated heterocycles. The van der Waals surface area contributed by atoms with Gasteiger partial charge in [0.15, 0.2) is 0 Å². The van der Waals surface area contributed by atoms with E-state index in [-0.39, 0.29) is 0 Å². The number of hydrogen-bond donors (Lipinski definition) is 0. The fraction of sp³-hybridized carbons (Fsp3) is 0. The summed E-state index contributed by atoms with van der Waals surface area (Å²) >= 11 is 0. The monoisotopic (exact) mass is 822 g/mol. The lowest BCUT2D eigenvalue weighted by Crippen LogP contribution is -2.66. The van der Waals surface area contributed by atoms with Gasteiger partial charge in [0.25, 0.3) is 0 Å². The molecule has 290 valence electrons. The molecule has 0 N–H and O–H groups in total. The van der Waals surface area contributed by atoms with Gasteiger partial charge in [-0.25, -0.2) is 0 Å². The van der Waals surface area contributed by atoms with Gasteiger partial charge in [0.2, 0.25) is 16.1 Å². The van der Waals surface area contributed by atoms with E-state index in [1.165, 1.54) is 31.1 Å². The highest BCUT2D eigenvalue weighted by Crippen LogP contribution is 2.38. The normalized spacial score (nSPS) is 11.6. The van der Waals surface area contributed by atoms with Crippen LogP contribution in [0.25, 0.3) is 43.5 Å². The fourth-order valence-electron chi connectivity index (χ4n) is 9.28. The number of rotatable bonds is 6. The van der Waals surface area contributed by atoms with Crippen LogP contribution >= 0.6 is 0 Å². The summed E-state index contributed by atoms with van der Waals surface area (Å²) < 4.78 is 12.3. The number of benzene rings is 9. The third-order valence-corrected chi connectivity index (χ3v) is 20.4. The van der Waals surface area contributed by atoms with Crippen molar-refractivity contribution in [1.29, 1.82) is 0 Å². The minimum absolute atomic E-state index is 0.803. The summed E-state index contributed by atoms with van der Waals surface area (Å²) in [7, 11) is -5.91. The van der Waals surface area contributed by atoms with Crippen LogP contribution in [0.15, 0.2) is 240 Å². The van der Waals surface area contributed by atoms with E-state index in [1.807, 2.05) is 12.1 Å². The molecule has 0 aliphatic rings. The van der Waals surface area contributed by atoms with Crippen LogP contribution in [0.1, 0.15) is 11.1 Å². The zero-order valence-electron chi connectivity index (χ0n) is 33.8. The molecule has 11 rings (SSSR count). The molecule has 2 nitrogen and oxygen atoms in total. The zero-order chi connectivity index (χ0) is 41.4. The number of hydrogen-bond acceptors (Lipinski definition) is 2. The Morgan fingerprint density at radius 1 is 0.290 bits per heavy atom. The quantitative estimate of drug-likeness (QED) is 0.0724. The number of fused-ring (bicyclic) bond motifs is 4. The maximum atomic E-state index is 6.14. The van der Waals surface area contributed by atoms with Crippen molar-refractivity contribution in [3.63, 3.8) is 0 Å². The summed E-state index contributed by atoms with van der Waals surface area (Å²) in [4.78, 5) is 0. The molecule has 0 unspecified atom stereocenters. The highest BCUT2D eigenvalue weighted by molar-refractivity contribution is 7.17. The molecule has 2 aromatic heterocycles. The van der Waals surface area contributed by atoms with E-state index in [0.717, 1.165) is 54.6 Å². The van der Waals surface area contributed by atoms with Crippen LogP contribution in [0.3, 0.4) is 0 Å². The van der Waals surface area contributed by atoms with E-state index < -0.39 is 16.1 Å². The van der Waals surface area contributed by atoms with Crippen LogP contribution in [0.4, 0.5) is 0 Å². The van der Waals surface area contributed by atoms with E-state index in [0.29, 0.717) is 0 Å². The Hall–Kier alpha value is -7.87. The lowest BCUT2D eigenvalue weighted by molar-refractivity contribution is 0.616. The lowest BCUT2D eigenvalue weighted by Gasteiger charge is -2.28. The molecule has 0 radical (unpaired) electrons. The van der Waals surface area contributed by atoms with E-state index in [1.54, 1.807) is 12.5 Å². The largest absolute Gasteiger partial charge is 0.464 e. The summed E-state index contributed by atoms with van der Waals surface area (Å²) in [5.74, 6) is 7.92. The average Bonchev–Trinajstić information content (AvgIpc) is 4.02. The smallest absolute Gasteiger partial charge is 0.230 e. The molecule has 0 bridgehead atoms. The van der Waals surface area contributed by atoms with Gasteiger partial charge < -0.3 is 8.83 Å². The second-order valence-corrected chi connectivity index (χ2v) is 22.6. The molecule has 4 heteroatoms. The third kappa shape index (κ3) is 6.21. The van der Waals surface area contributed by atoms with Gasteiger partial charge in [0, 0.05) is 43.4 Å². The summed E-state index contributed by atoms with van der Waals surface area (Å²) in [5.41, 5.74) is 11.7. The van der Waals surface area contributed by atoms with Gasteiger partial charge in [0.05, 0.1) is 12.5 Å². The summed E-state index contributed by atoms with van der Waals surface area (Å²) in [5, 5.41) is 13.5. The minimum Gasteiger partial charge on any atom is -0.464 e. The Morgan fingerprint density at radius 3 is 0.823 bits per heavy atom. The first-order valence-electron chi connectivity index (χ1n) is 20.9. The molecular formula is C58H38O2Si2. The van der Waals surface area contributed by atoms with Gasteiger partial charge in [0.1, 0.15) is 11.2 Å². The van der Waals surface area contributed by atoms with Crippen LogP contribution in [0.2, 0.25) is 0 Å². The van der Waals surface area contributed by atoms with Crippen molar-refractivity contribution in [1.82, 2.24) is 0 Å². The molecule has 0 aliphatic heterocycles. The highest BCUT2D eigenvalue weighted by Gasteiger charge is 2.39. The fourth-order valence-corrected chi connectivity index (χ4v) is 16.9. The molecule has 11 aromatic rings. The third-order valence-electron chi connectivity index (χ3n) is 12.3. The Kier molecular flexibility index (Phi) is 9.36. The van der Waals surface area contributed by atoms with Crippen molar-refractivity contribution >= 4 is 90.8 Å². The molecule has 62 heavy (non-hydrogen) atoms. The predicted octanol–water partition coefficient (Wildman–Crippen LogP) is 9.61. The molecule has 2 heterocycles. The molecule has 9 aromatic carbocycles. The molecule has 0 spiro atoms. The molecule has 0 amide bonds. The van der Waals surface area contributed by atoms with Crippen LogP contribution in [0, 0.1) is 22.9 Å². The molecule has 0 fully saturated rings. The first-order valence-corrected chi connectivity index (χ1v) is 24.9. The first-order chi connectivity index (χ1) is 30.7. The summed E-state index contributed by atoms with van der Waals surface area (Å²) in [6.07, 6.45) is 3.53. The number of furan rings is 2. The van der Waals surface area contributed by atoms with Gasteiger partial charge in [-0.05, 0) is 67.5 Å². The van der Waals surface area contributed by atoms with Gasteiger partial charge in [-0.1, -0.05) is 194 Å². The van der Waals surface area contributed by atoms with Gasteiger partial charge in [-0.15, -0.1) is 11.1 Å². The van der Waals surface area contributed by atoms with E-state index >= 15 is 0 Å². The molecule has 0 aliphatic carbocycles. The maximum Gasteiger partial charge on any atom is 0.230 e. The second-order valence-electron chi connectivity index (χ2n) is 15.7. The topological polar surface area (TPSA) is 26.3 Å². The summed E-state index contributed by atoms with van der Waals surface area (Å²) in [6, 6.07) is 78.0. The summed E-state index contributed by atoms with van der Waals surface area (Å²) in [6.45, 7) is 0. The van der Waals surface area contributed by atoms with Gasteiger partial charge >= 0.3 is 0 Å². The maximum absolute atomic E-state index is 6.14. The lowest BCUT2D eigenvalue weighted by atomic mass is 9.91. The Morgan fingerprint density at radius 2 is 0.548 bits per heavy atom.